The van der Waals surface area contributed by atoms with Crippen molar-refractivity contribution in [1.82, 2.24) is 5.32 Å². The highest BCUT2D eigenvalue weighted by molar-refractivity contribution is 6.21. The molecule has 0 aliphatic carbocycles. The Bertz CT molecular complexity index is 758. The molecule has 0 aromatic heterocycles. The monoisotopic (exact) mass is 326 g/mol. The maximum atomic E-state index is 12.2. The van der Waals surface area contributed by atoms with Crippen LogP contribution in [0.15, 0.2) is 48.5 Å². The number of nitrogens with zero attached hydrogens (tertiary/aromatic N) is 1. The zero-order valence-electron chi connectivity index (χ0n) is 13.5. The number of carbonyl (C=O) groups excluding carboxylic acids is 2. The van der Waals surface area contributed by atoms with Crippen LogP contribution >= 0.6 is 0 Å². The molecule has 1 aliphatic heterocycles. The summed E-state index contributed by atoms with van der Waals surface area (Å²) in [5.74, 6) is 1.72. The number of nitrogens with one attached hydrogen (secondary N) is 1. The third-order valence-electron chi connectivity index (χ3n) is 3.80. The first-order chi connectivity index (χ1) is 11.6. The summed E-state index contributed by atoms with van der Waals surface area (Å²) in [6, 6.07) is 13.2. The number of hydrogen-bond acceptors (Lipinski definition) is 4. The van der Waals surface area contributed by atoms with Gasteiger partial charge < -0.3 is 14.8 Å². The zero-order chi connectivity index (χ0) is 17.1. The number of imide groups is 1. The molecule has 6 heteroatoms. The van der Waals surface area contributed by atoms with E-state index in [4.69, 9.17) is 9.47 Å². The van der Waals surface area contributed by atoms with Crippen LogP contribution in [0, 0.1) is 0 Å². The molecule has 1 atom stereocenters. The molecule has 0 saturated carbocycles. The van der Waals surface area contributed by atoms with Crippen LogP contribution in [0.2, 0.25) is 0 Å². The summed E-state index contributed by atoms with van der Waals surface area (Å²) in [5, 5.41) is 2.66. The molecule has 0 spiro atoms. The third kappa shape index (κ3) is 3.03. The fourth-order valence-corrected chi connectivity index (χ4v) is 2.52. The van der Waals surface area contributed by atoms with E-state index in [0.29, 0.717) is 29.4 Å². The second-order valence-corrected chi connectivity index (χ2v) is 5.36. The van der Waals surface area contributed by atoms with Gasteiger partial charge in [0.15, 0.2) is 0 Å². The molecule has 0 bridgehead atoms. The van der Waals surface area contributed by atoms with Gasteiger partial charge in [0.05, 0.1) is 12.8 Å². The van der Waals surface area contributed by atoms with E-state index in [2.05, 4.69) is 5.32 Å². The van der Waals surface area contributed by atoms with Crippen LogP contribution in [0.4, 0.5) is 10.5 Å². The molecule has 1 saturated heterocycles. The molecule has 0 unspecified atom stereocenters. The van der Waals surface area contributed by atoms with E-state index < -0.39 is 12.1 Å². The van der Waals surface area contributed by atoms with E-state index in [1.165, 1.54) is 0 Å². The lowest BCUT2D eigenvalue weighted by atomic mass is 10.2. The molecular weight excluding hydrogens is 308 g/mol. The fraction of sp³-hybridized carbons (Fsp3) is 0.222. The molecular formula is C18H18N2O4. The number of carbonyl (C=O) groups is 2. The van der Waals surface area contributed by atoms with Gasteiger partial charge in [0.2, 0.25) is 0 Å². The first kappa shape index (κ1) is 15.9. The largest absolute Gasteiger partial charge is 0.497 e. The maximum absolute atomic E-state index is 12.2. The normalized spacial score (nSPS) is 16.9. The van der Waals surface area contributed by atoms with Gasteiger partial charge in [-0.3, -0.25) is 4.79 Å². The predicted molar refractivity (Wildman–Crippen MR) is 89.6 cm³/mol. The van der Waals surface area contributed by atoms with Crippen molar-refractivity contribution in [2.75, 3.05) is 12.0 Å². The van der Waals surface area contributed by atoms with Gasteiger partial charge in [-0.1, -0.05) is 13.0 Å². The van der Waals surface area contributed by atoms with Gasteiger partial charge in [-0.15, -0.1) is 0 Å². The quantitative estimate of drug-likeness (QED) is 0.856. The van der Waals surface area contributed by atoms with E-state index in [1.807, 2.05) is 25.1 Å². The first-order valence-electron chi connectivity index (χ1n) is 7.69. The van der Waals surface area contributed by atoms with Crippen molar-refractivity contribution >= 4 is 17.6 Å². The molecule has 1 fully saturated rings. The van der Waals surface area contributed by atoms with Gasteiger partial charge in [0.25, 0.3) is 5.91 Å². The Morgan fingerprint density at radius 2 is 1.75 bits per heavy atom. The van der Waals surface area contributed by atoms with Crippen molar-refractivity contribution < 1.29 is 19.1 Å². The minimum Gasteiger partial charge on any atom is -0.497 e. The standard InChI is InChI=1S/C18H18N2O4/c1-3-16-17(21)20(18(22)19-16)12-7-9-13(10-8-12)24-15-6-4-5-14(11-15)23-2/h4-11,16H,3H2,1-2H3,(H,19,22)/t16-/m1/s1. The van der Waals surface area contributed by atoms with E-state index >= 15 is 0 Å². The number of rotatable bonds is 5. The van der Waals surface area contributed by atoms with Crippen LogP contribution in [0.3, 0.4) is 0 Å². The van der Waals surface area contributed by atoms with Crippen LogP contribution in [-0.4, -0.2) is 25.1 Å². The molecule has 2 aromatic rings. The number of hydrogen-bond donors (Lipinski definition) is 1. The fourth-order valence-electron chi connectivity index (χ4n) is 2.52. The van der Waals surface area contributed by atoms with E-state index in [1.54, 1.807) is 37.4 Å². The SMILES string of the molecule is CC[C@H]1NC(=O)N(c2ccc(Oc3cccc(OC)c3)cc2)C1=O. The molecule has 3 amide bonds. The van der Waals surface area contributed by atoms with Crippen molar-refractivity contribution in [3.8, 4) is 17.2 Å². The second kappa shape index (κ2) is 6.62. The van der Waals surface area contributed by atoms with Gasteiger partial charge in [-0.05, 0) is 42.8 Å². The first-order valence-corrected chi connectivity index (χ1v) is 7.69. The smallest absolute Gasteiger partial charge is 0.329 e. The van der Waals surface area contributed by atoms with Gasteiger partial charge in [0.1, 0.15) is 23.3 Å². The maximum Gasteiger partial charge on any atom is 0.329 e. The summed E-state index contributed by atoms with van der Waals surface area (Å²) in [4.78, 5) is 25.3. The number of benzene rings is 2. The zero-order valence-corrected chi connectivity index (χ0v) is 13.5. The van der Waals surface area contributed by atoms with Gasteiger partial charge in [-0.2, -0.15) is 0 Å². The van der Waals surface area contributed by atoms with Crippen LogP contribution in [0.25, 0.3) is 0 Å². The number of anilines is 1. The molecule has 0 radical (unpaired) electrons. The van der Waals surface area contributed by atoms with Crippen molar-refractivity contribution in [1.29, 1.82) is 0 Å². The Kier molecular flexibility index (Phi) is 4.37. The number of amides is 3. The predicted octanol–water partition coefficient (Wildman–Crippen LogP) is 3.32. The highest BCUT2D eigenvalue weighted by Crippen LogP contribution is 2.28. The van der Waals surface area contributed by atoms with Gasteiger partial charge >= 0.3 is 6.03 Å². The topological polar surface area (TPSA) is 67.9 Å². The Balaban J connectivity index is 1.76. The highest BCUT2D eigenvalue weighted by atomic mass is 16.5. The molecule has 2 aromatic carbocycles. The van der Waals surface area contributed by atoms with E-state index in [-0.39, 0.29) is 5.91 Å². The summed E-state index contributed by atoms with van der Waals surface area (Å²) in [7, 11) is 1.59. The third-order valence-corrected chi connectivity index (χ3v) is 3.80. The van der Waals surface area contributed by atoms with Gasteiger partial charge in [0, 0.05) is 6.07 Å². The second-order valence-electron chi connectivity index (χ2n) is 5.36. The van der Waals surface area contributed by atoms with Crippen LogP contribution in [0.1, 0.15) is 13.3 Å². The average Bonchev–Trinajstić information content (AvgIpc) is 2.90. The van der Waals surface area contributed by atoms with Gasteiger partial charge in [-0.25, -0.2) is 9.69 Å². The lowest BCUT2D eigenvalue weighted by Crippen LogP contribution is -2.31. The molecule has 1 heterocycles. The number of methoxy groups -OCH3 is 1. The van der Waals surface area contributed by atoms with Crippen molar-refractivity contribution in [3.05, 3.63) is 48.5 Å². The molecule has 6 nitrogen and oxygen atoms in total. The lowest BCUT2D eigenvalue weighted by molar-refractivity contribution is -0.118. The van der Waals surface area contributed by atoms with Crippen molar-refractivity contribution in [2.24, 2.45) is 0 Å². The van der Waals surface area contributed by atoms with E-state index in [9.17, 15) is 9.59 Å². The molecule has 3 rings (SSSR count). The summed E-state index contributed by atoms with van der Waals surface area (Å²) >= 11 is 0. The highest BCUT2D eigenvalue weighted by Gasteiger charge is 2.37. The lowest BCUT2D eigenvalue weighted by Gasteiger charge is -2.14. The number of urea groups is 1. The summed E-state index contributed by atoms with van der Waals surface area (Å²) in [5.41, 5.74) is 0.520. The molecule has 1 aliphatic rings. The summed E-state index contributed by atoms with van der Waals surface area (Å²) in [6.07, 6.45) is 0.568. The van der Waals surface area contributed by atoms with Crippen LogP contribution < -0.4 is 19.7 Å². The Labute approximate surface area is 140 Å². The molecule has 124 valence electrons. The Morgan fingerprint density at radius 1 is 1.04 bits per heavy atom. The minimum absolute atomic E-state index is 0.232. The van der Waals surface area contributed by atoms with Crippen molar-refractivity contribution in [3.63, 3.8) is 0 Å². The van der Waals surface area contributed by atoms with Crippen LogP contribution in [-0.2, 0) is 4.79 Å². The number of ether oxygens (including phenoxy) is 2. The molecule has 24 heavy (non-hydrogen) atoms. The van der Waals surface area contributed by atoms with E-state index in [0.717, 1.165) is 4.90 Å². The van der Waals surface area contributed by atoms with Crippen LogP contribution in [0.5, 0.6) is 17.2 Å². The molecule has 1 N–H and O–H groups in total. The minimum atomic E-state index is -0.454. The Hall–Kier alpha value is -3.02. The summed E-state index contributed by atoms with van der Waals surface area (Å²) < 4.78 is 10.9. The van der Waals surface area contributed by atoms with Crippen molar-refractivity contribution in [2.45, 2.75) is 19.4 Å². The Morgan fingerprint density at radius 3 is 2.38 bits per heavy atom. The average molecular weight is 326 g/mol. The summed E-state index contributed by atoms with van der Waals surface area (Å²) in [6.45, 7) is 1.86.